The molecule has 0 aliphatic heterocycles. The zero-order valence-corrected chi connectivity index (χ0v) is 10.0. The quantitative estimate of drug-likeness (QED) is 0.710. The Morgan fingerprint density at radius 1 is 1.50 bits per heavy atom. The molecule has 2 atom stereocenters. The van der Waals surface area contributed by atoms with Crippen molar-refractivity contribution in [3.8, 4) is 0 Å². The second-order valence-electron chi connectivity index (χ2n) is 4.77. The summed E-state index contributed by atoms with van der Waals surface area (Å²) in [4.78, 5) is 11.8. The van der Waals surface area contributed by atoms with E-state index in [0.717, 1.165) is 18.9 Å². The van der Waals surface area contributed by atoms with Crippen molar-refractivity contribution in [1.29, 1.82) is 0 Å². The summed E-state index contributed by atoms with van der Waals surface area (Å²) < 4.78 is 13.0. The molecule has 4 N–H and O–H groups in total. The third kappa shape index (κ3) is 2.98. The summed E-state index contributed by atoms with van der Waals surface area (Å²) in [7, 11) is 0. The van der Waals surface area contributed by atoms with Crippen LogP contribution in [0.25, 0.3) is 0 Å². The van der Waals surface area contributed by atoms with Gasteiger partial charge in [0.05, 0.1) is 11.7 Å². The van der Waals surface area contributed by atoms with Gasteiger partial charge in [0, 0.05) is 12.2 Å². The van der Waals surface area contributed by atoms with Gasteiger partial charge in [0.2, 0.25) is 0 Å². The summed E-state index contributed by atoms with van der Waals surface area (Å²) in [5, 5.41) is 12.1. The van der Waals surface area contributed by atoms with Gasteiger partial charge >= 0.3 is 0 Å². The zero-order valence-electron chi connectivity index (χ0n) is 10.0. The molecule has 1 fully saturated rings. The summed E-state index contributed by atoms with van der Waals surface area (Å²) in [6.45, 7) is 0.492. The molecule has 0 heterocycles. The van der Waals surface area contributed by atoms with E-state index >= 15 is 0 Å². The van der Waals surface area contributed by atoms with E-state index < -0.39 is 5.82 Å². The van der Waals surface area contributed by atoms with Crippen molar-refractivity contribution in [3.63, 3.8) is 0 Å². The molecule has 0 saturated heterocycles. The van der Waals surface area contributed by atoms with Crippen LogP contribution in [0, 0.1) is 11.7 Å². The van der Waals surface area contributed by atoms with E-state index in [4.69, 9.17) is 5.73 Å². The first-order valence-corrected chi connectivity index (χ1v) is 6.07. The second-order valence-corrected chi connectivity index (χ2v) is 4.77. The maximum atomic E-state index is 13.0. The van der Waals surface area contributed by atoms with Crippen molar-refractivity contribution in [2.24, 2.45) is 5.92 Å². The Balaban J connectivity index is 1.93. The summed E-state index contributed by atoms with van der Waals surface area (Å²) in [5.41, 5.74) is 6.05. The Morgan fingerprint density at radius 2 is 2.28 bits per heavy atom. The van der Waals surface area contributed by atoms with Crippen molar-refractivity contribution >= 4 is 11.6 Å². The van der Waals surface area contributed by atoms with E-state index in [2.05, 4.69) is 5.32 Å². The predicted molar refractivity (Wildman–Crippen MR) is 66.5 cm³/mol. The highest BCUT2D eigenvalue weighted by Crippen LogP contribution is 2.24. The molecule has 5 heteroatoms. The number of benzene rings is 1. The van der Waals surface area contributed by atoms with E-state index in [9.17, 15) is 14.3 Å². The number of aliphatic hydroxyl groups excluding tert-OH is 1. The number of nitrogens with two attached hydrogens (primary N) is 1. The van der Waals surface area contributed by atoms with Crippen LogP contribution in [0.4, 0.5) is 10.1 Å². The highest BCUT2D eigenvalue weighted by Gasteiger charge is 2.23. The topological polar surface area (TPSA) is 75.4 Å². The predicted octanol–water partition coefficient (Wildman–Crippen LogP) is 1.30. The van der Waals surface area contributed by atoms with Crippen LogP contribution in [-0.2, 0) is 0 Å². The van der Waals surface area contributed by atoms with Gasteiger partial charge in [-0.3, -0.25) is 4.79 Å². The summed E-state index contributed by atoms with van der Waals surface area (Å²) in [5.74, 6) is -0.558. The minimum atomic E-state index is -0.481. The third-order valence-corrected chi connectivity index (χ3v) is 3.32. The van der Waals surface area contributed by atoms with Crippen LogP contribution in [0.5, 0.6) is 0 Å². The van der Waals surface area contributed by atoms with Gasteiger partial charge in [-0.25, -0.2) is 4.39 Å². The lowest BCUT2D eigenvalue weighted by molar-refractivity contribution is 0.0945. The number of rotatable bonds is 3. The van der Waals surface area contributed by atoms with Gasteiger partial charge in [0.25, 0.3) is 5.91 Å². The molecule has 1 amide bonds. The first-order chi connectivity index (χ1) is 8.56. The van der Waals surface area contributed by atoms with Gasteiger partial charge in [-0.15, -0.1) is 0 Å². The van der Waals surface area contributed by atoms with Crippen LogP contribution in [0.3, 0.4) is 0 Å². The van der Waals surface area contributed by atoms with Crippen LogP contribution in [0.2, 0.25) is 0 Å². The largest absolute Gasteiger partial charge is 0.398 e. The normalized spacial score (nSPS) is 23.0. The van der Waals surface area contributed by atoms with E-state index in [-0.39, 0.29) is 23.3 Å². The first-order valence-electron chi connectivity index (χ1n) is 6.07. The molecule has 4 nitrogen and oxygen atoms in total. The molecule has 98 valence electrons. The van der Waals surface area contributed by atoms with Crippen LogP contribution in [0.1, 0.15) is 29.6 Å². The van der Waals surface area contributed by atoms with Gasteiger partial charge in [-0.05, 0) is 43.4 Å². The minimum absolute atomic E-state index is 0.161. The molecule has 0 spiro atoms. The fourth-order valence-electron chi connectivity index (χ4n) is 2.29. The molecule has 1 aromatic carbocycles. The smallest absolute Gasteiger partial charge is 0.253 e. The SMILES string of the molecule is Nc1ccc(F)cc1C(=O)NCC1CCC(O)C1. The number of anilines is 1. The number of carbonyl (C=O) groups is 1. The lowest BCUT2D eigenvalue weighted by Gasteiger charge is -2.12. The maximum Gasteiger partial charge on any atom is 0.253 e. The Labute approximate surface area is 105 Å². The van der Waals surface area contributed by atoms with E-state index in [0.29, 0.717) is 18.9 Å². The number of amides is 1. The van der Waals surface area contributed by atoms with Gasteiger partial charge in [0.1, 0.15) is 5.82 Å². The number of carbonyl (C=O) groups excluding carboxylic acids is 1. The Morgan fingerprint density at radius 3 is 2.94 bits per heavy atom. The van der Waals surface area contributed by atoms with Crippen molar-refractivity contribution in [1.82, 2.24) is 5.32 Å². The van der Waals surface area contributed by atoms with Gasteiger partial charge < -0.3 is 16.2 Å². The van der Waals surface area contributed by atoms with Crippen LogP contribution in [-0.4, -0.2) is 23.7 Å². The number of hydrogen-bond donors (Lipinski definition) is 3. The zero-order chi connectivity index (χ0) is 13.1. The Bertz CT molecular complexity index is 451. The number of hydrogen-bond acceptors (Lipinski definition) is 3. The standard InChI is InChI=1S/C13H17FN2O2/c14-9-2-4-12(15)11(6-9)13(18)16-7-8-1-3-10(17)5-8/h2,4,6,8,10,17H,1,3,5,7,15H2,(H,16,18). The first kappa shape index (κ1) is 12.8. The van der Waals surface area contributed by atoms with Crippen LogP contribution in [0.15, 0.2) is 18.2 Å². The molecular weight excluding hydrogens is 235 g/mol. The average Bonchev–Trinajstić information content (AvgIpc) is 2.75. The molecule has 0 radical (unpaired) electrons. The molecule has 1 saturated carbocycles. The summed E-state index contributed by atoms with van der Waals surface area (Å²) >= 11 is 0. The highest BCUT2D eigenvalue weighted by atomic mass is 19.1. The Kier molecular flexibility index (Phi) is 3.81. The Hall–Kier alpha value is -1.62. The minimum Gasteiger partial charge on any atom is -0.398 e. The maximum absolute atomic E-state index is 13.0. The number of aliphatic hydroxyl groups is 1. The van der Waals surface area contributed by atoms with Crippen LogP contribution < -0.4 is 11.1 Å². The van der Waals surface area contributed by atoms with Crippen molar-refractivity contribution in [3.05, 3.63) is 29.6 Å². The average molecular weight is 252 g/mol. The molecule has 1 aromatic rings. The molecule has 2 rings (SSSR count). The summed E-state index contributed by atoms with van der Waals surface area (Å²) in [6, 6.07) is 3.73. The fraction of sp³-hybridized carbons (Fsp3) is 0.462. The van der Waals surface area contributed by atoms with Crippen molar-refractivity contribution < 1.29 is 14.3 Å². The van der Waals surface area contributed by atoms with Crippen molar-refractivity contribution in [2.75, 3.05) is 12.3 Å². The van der Waals surface area contributed by atoms with Gasteiger partial charge in [0.15, 0.2) is 0 Å². The van der Waals surface area contributed by atoms with E-state index in [1.54, 1.807) is 0 Å². The highest BCUT2D eigenvalue weighted by molar-refractivity contribution is 5.99. The second kappa shape index (κ2) is 5.35. The molecule has 2 unspecified atom stereocenters. The molecular formula is C13H17FN2O2. The molecule has 18 heavy (non-hydrogen) atoms. The molecule has 0 bridgehead atoms. The van der Waals surface area contributed by atoms with Crippen molar-refractivity contribution in [2.45, 2.75) is 25.4 Å². The monoisotopic (exact) mass is 252 g/mol. The van der Waals surface area contributed by atoms with Gasteiger partial charge in [-0.2, -0.15) is 0 Å². The number of nitrogens with one attached hydrogen (secondary N) is 1. The van der Waals surface area contributed by atoms with E-state index in [1.807, 2.05) is 0 Å². The third-order valence-electron chi connectivity index (χ3n) is 3.32. The number of halogens is 1. The molecule has 1 aliphatic rings. The van der Waals surface area contributed by atoms with Gasteiger partial charge in [-0.1, -0.05) is 0 Å². The van der Waals surface area contributed by atoms with Crippen LogP contribution >= 0.6 is 0 Å². The number of nitrogen functional groups attached to an aromatic ring is 1. The molecule has 0 aromatic heterocycles. The lowest BCUT2D eigenvalue weighted by atomic mass is 10.1. The molecule has 1 aliphatic carbocycles. The fourth-order valence-corrected chi connectivity index (χ4v) is 2.29. The lowest BCUT2D eigenvalue weighted by Crippen LogP contribution is -2.29. The summed E-state index contributed by atoms with van der Waals surface area (Å²) in [6.07, 6.45) is 2.13. The van der Waals surface area contributed by atoms with E-state index in [1.165, 1.54) is 12.1 Å².